The third kappa shape index (κ3) is 3.36. The summed E-state index contributed by atoms with van der Waals surface area (Å²) in [6.07, 6.45) is 0. The molecule has 0 aliphatic rings. The van der Waals surface area contributed by atoms with Crippen LogP contribution in [0.25, 0.3) is 0 Å². The van der Waals surface area contributed by atoms with E-state index in [1.807, 2.05) is 13.0 Å². The molecule has 0 radical (unpaired) electrons. The number of nitrogens with zero attached hydrogens (tertiary/aromatic N) is 1. The summed E-state index contributed by atoms with van der Waals surface area (Å²) in [5.74, 6) is 0.314. The van der Waals surface area contributed by atoms with Gasteiger partial charge in [-0.15, -0.1) is 0 Å². The van der Waals surface area contributed by atoms with Crippen molar-refractivity contribution in [2.45, 2.75) is 26.4 Å². The Bertz CT molecular complexity index is 383. The molecule has 1 heterocycles. The van der Waals surface area contributed by atoms with Crippen LogP contribution in [0.2, 0.25) is 0 Å². The summed E-state index contributed by atoms with van der Waals surface area (Å²) in [5, 5.41) is 2.74. The SMILES string of the molecule is Cc1nc(N)ccc1CNC(=O)[C@H](C)NCl. The number of nitrogens with two attached hydrogens (primary N) is 1. The van der Waals surface area contributed by atoms with E-state index in [0.717, 1.165) is 11.3 Å². The van der Waals surface area contributed by atoms with Crippen molar-refractivity contribution in [3.05, 3.63) is 23.4 Å². The quantitative estimate of drug-likeness (QED) is 0.680. The first-order chi connectivity index (χ1) is 7.54. The predicted octanol–water partition coefficient (Wildman–Crippen LogP) is 0.720. The van der Waals surface area contributed by atoms with Crippen molar-refractivity contribution >= 4 is 23.5 Å². The Kier molecular flexibility index (Phi) is 4.52. The number of aryl methyl sites for hydroxylation is 1. The van der Waals surface area contributed by atoms with Gasteiger partial charge in [-0.25, -0.2) is 9.82 Å². The number of nitrogen functional groups attached to an aromatic ring is 1. The Morgan fingerprint density at radius 3 is 2.88 bits per heavy atom. The third-order valence-corrected chi connectivity index (χ3v) is 2.55. The van der Waals surface area contributed by atoms with Gasteiger partial charge in [0.2, 0.25) is 5.91 Å². The van der Waals surface area contributed by atoms with Crippen LogP contribution < -0.4 is 15.9 Å². The van der Waals surface area contributed by atoms with E-state index in [0.29, 0.717) is 12.4 Å². The molecule has 0 fully saturated rings. The number of hydrogen-bond donors (Lipinski definition) is 3. The smallest absolute Gasteiger partial charge is 0.238 e. The Hall–Kier alpha value is -1.33. The van der Waals surface area contributed by atoms with Gasteiger partial charge in [0.05, 0.1) is 6.04 Å². The Balaban J connectivity index is 2.58. The number of aromatic nitrogens is 1. The number of rotatable bonds is 4. The molecule has 1 atom stereocenters. The summed E-state index contributed by atoms with van der Waals surface area (Å²) < 4.78 is 0. The minimum Gasteiger partial charge on any atom is -0.384 e. The molecule has 0 bridgehead atoms. The molecule has 0 aromatic carbocycles. The highest BCUT2D eigenvalue weighted by Gasteiger charge is 2.10. The van der Waals surface area contributed by atoms with Crippen LogP contribution in [0.3, 0.4) is 0 Å². The van der Waals surface area contributed by atoms with E-state index in [1.54, 1.807) is 13.0 Å². The molecule has 5 nitrogen and oxygen atoms in total. The lowest BCUT2D eigenvalue weighted by molar-refractivity contribution is -0.122. The number of carbonyl (C=O) groups is 1. The number of halogens is 1. The molecule has 1 amide bonds. The van der Waals surface area contributed by atoms with Gasteiger partial charge in [0, 0.05) is 12.2 Å². The lowest BCUT2D eigenvalue weighted by Gasteiger charge is -2.11. The first-order valence-electron chi connectivity index (χ1n) is 4.90. The Labute approximate surface area is 99.5 Å². The molecular weight excluding hydrogens is 228 g/mol. The fraction of sp³-hybridized carbons (Fsp3) is 0.400. The number of amides is 1. The zero-order valence-electron chi connectivity index (χ0n) is 9.25. The van der Waals surface area contributed by atoms with Gasteiger partial charge < -0.3 is 11.1 Å². The third-order valence-electron chi connectivity index (χ3n) is 2.23. The van der Waals surface area contributed by atoms with Crippen LogP contribution in [0.4, 0.5) is 5.82 Å². The van der Waals surface area contributed by atoms with Gasteiger partial charge in [0.25, 0.3) is 0 Å². The average molecular weight is 243 g/mol. The largest absolute Gasteiger partial charge is 0.384 e. The second-order valence-corrected chi connectivity index (χ2v) is 3.75. The fourth-order valence-corrected chi connectivity index (χ4v) is 1.28. The number of carbonyl (C=O) groups excluding carboxylic acids is 1. The van der Waals surface area contributed by atoms with Crippen LogP contribution in [-0.2, 0) is 11.3 Å². The van der Waals surface area contributed by atoms with Crippen LogP contribution in [0.15, 0.2) is 12.1 Å². The van der Waals surface area contributed by atoms with Crippen molar-refractivity contribution in [2.75, 3.05) is 5.73 Å². The van der Waals surface area contributed by atoms with Crippen molar-refractivity contribution < 1.29 is 4.79 Å². The van der Waals surface area contributed by atoms with Gasteiger partial charge in [-0.3, -0.25) is 4.79 Å². The molecular formula is C10H15ClN4O. The summed E-state index contributed by atoms with van der Waals surface area (Å²) in [4.78, 5) is 17.9. The zero-order chi connectivity index (χ0) is 12.1. The van der Waals surface area contributed by atoms with Crippen LogP contribution in [0.5, 0.6) is 0 Å². The van der Waals surface area contributed by atoms with Crippen LogP contribution in [0, 0.1) is 6.92 Å². The summed E-state index contributed by atoms with van der Waals surface area (Å²) >= 11 is 5.34. The van der Waals surface area contributed by atoms with Gasteiger partial charge in [-0.1, -0.05) is 6.07 Å². The standard InChI is InChI=1S/C10H15ClN4O/c1-6-8(3-4-9(12)14-6)5-13-10(16)7(2)15-11/h3-4,7,15H,5H2,1-2H3,(H2,12,14)(H,13,16)/t7-/m0/s1. The van der Waals surface area contributed by atoms with E-state index in [9.17, 15) is 4.79 Å². The van der Waals surface area contributed by atoms with Crippen LogP contribution >= 0.6 is 11.8 Å². The van der Waals surface area contributed by atoms with E-state index in [2.05, 4.69) is 15.1 Å². The van der Waals surface area contributed by atoms with Gasteiger partial charge in [-0.05, 0) is 37.3 Å². The molecule has 4 N–H and O–H groups in total. The number of hydrogen-bond acceptors (Lipinski definition) is 4. The molecule has 1 aromatic rings. The maximum absolute atomic E-state index is 11.4. The molecule has 0 unspecified atom stereocenters. The highest BCUT2D eigenvalue weighted by atomic mass is 35.5. The van der Waals surface area contributed by atoms with Gasteiger partial charge in [0.15, 0.2) is 0 Å². The number of anilines is 1. The summed E-state index contributed by atoms with van der Waals surface area (Å²) in [6, 6.07) is 3.12. The first-order valence-corrected chi connectivity index (χ1v) is 5.28. The average Bonchev–Trinajstić information content (AvgIpc) is 2.26. The maximum Gasteiger partial charge on any atom is 0.238 e. The first kappa shape index (κ1) is 12.7. The van der Waals surface area contributed by atoms with Crippen LogP contribution in [-0.4, -0.2) is 16.9 Å². The minimum absolute atomic E-state index is 0.161. The second-order valence-electron chi connectivity index (χ2n) is 3.53. The normalized spacial score (nSPS) is 12.2. The lowest BCUT2D eigenvalue weighted by atomic mass is 10.2. The number of nitrogens with one attached hydrogen (secondary N) is 2. The Morgan fingerprint density at radius 1 is 1.62 bits per heavy atom. The molecule has 1 aromatic heterocycles. The molecule has 1 rings (SSSR count). The molecule has 0 aliphatic carbocycles. The molecule has 0 aliphatic heterocycles. The highest BCUT2D eigenvalue weighted by molar-refractivity contribution is 6.15. The lowest BCUT2D eigenvalue weighted by Crippen LogP contribution is -2.38. The van der Waals surface area contributed by atoms with Gasteiger partial charge >= 0.3 is 0 Å². The van der Waals surface area contributed by atoms with E-state index < -0.39 is 6.04 Å². The summed E-state index contributed by atoms with van der Waals surface area (Å²) in [7, 11) is 0. The maximum atomic E-state index is 11.4. The summed E-state index contributed by atoms with van der Waals surface area (Å²) in [5.41, 5.74) is 7.27. The molecule has 0 spiro atoms. The summed E-state index contributed by atoms with van der Waals surface area (Å²) in [6.45, 7) is 3.94. The predicted molar refractivity (Wildman–Crippen MR) is 63.7 cm³/mol. The monoisotopic (exact) mass is 242 g/mol. The van der Waals surface area contributed by atoms with E-state index in [1.165, 1.54) is 0 Å². The van der Waals surface area contributed by atoms with Crippen molar-refractivity contribution in [3.8, 4) is 0 Å². The van der Waals surface area contributed by atoms with Crippen molar-refractivity contribution in [1.29, 1.82) is 0 Å². The van der Waals surface area contributed by atoms with Crippen molar-refractivity contribution in [3.63, 3.8) is 0 Å². The molecule has 0 saturated heterocycles. The topological polar surface area (TPSA) is 80.0 Å². The number of pyridine rings is 1. The zero-order valence-corrected chi connectivity index (χ0v) is 10.0. The van der Waals surface area contributed by atoms with Crippen LogP contribution in [0.1, 0.15) is 18.2 Å². The van der Waals surface area contributed by atoms with Crippen molar-refractivity contribution in [2.24, 2.45) is 0 Å². The van der Waals surface area contributed by atoms with Gasteiger partial charge in [-0.2, -0.15) is 0 Å². The van der Waals surface area contributed by atoms with Gasteiger partial charge in [0.1, 0.15) is 5.82 Å². The Morgan fingerprint density at radius 2 is 2.31 bits per heavy atom. The van der Waals surface area contributed by atoms with E-state index in [-0.39, 0.29) is 5.91 Å². The van der Waals surface area contributed by atoms with Crippen molar-refractivity contribution in [1.82, 2.24) is 15.1 Å². The fourth-order valence-electron chi connectivity index (χ4n) is 1.18. The molecule has 88 valence electrons. The molecule has 0 saturated carbocycles. The minimum atomic E-state index is -0.427. The second kappa shape index (κ2) is 5.67. The molecule has 16 heavy (non-hydrogen) atoms. The highest BCUT2D eigenvalue weighted by Crippen LogP contribution is 2.07. The molecule has 6 heteroatoms. The van der Waals surface area contributed by atoms with E-state index in [4.69, 9.17) is 17.5 Å². The van der Waals surface area contributed by atoms with E-state index >= 15 is 0 Å².